The molecule has 0 spiro atoms. The summed E-state index contributed by atoms with van der Waals surface area (Å²) in [5, 5.41) is 6.28. The molecule has 1 aliphatic rings. The van der Waals surface area contributed by atoms with Crippen molar-refractivity contribution < 1.29 is 35.9 Å². The number of aldehydes is 1. The van der Waals surface area contributed by atoms with Crippen molar-refractivity contribution >= 4 is 17.9 Å². The van der Waals surface area contributed by atoms with Gasteiger partial charge in [-0.05, 0) is 48.6 Å². The largest absolute Gasteiger partial charge is 0.446 e. The van der Waals surface area contributed by atoms with E-state index in [1.54, 1.807) is 0 Å². The van der Waals surface area contributed by atoms with E-state index in [4.69, 9.17) is 4.79 Å². The summed E-state index contributed by atoms with van der Waals surface area (Å²) < 4.78 is 69.4. The molecule has 0 aromatic heterocycles. The zero-order valence-corrected chi connectivity index (χ0v) is 18.6. The van der Waals surface area contributed by atoms with Crippen LogP contribution in [0.4, 0.5) is 32.0 Å². The SMILES string of the molecule is CC(C)[C@H](CNC(=O)C1(c2ccccc2)CC1)Nc1ccc(C(F)(F)F)cc1.O=CC(F)(F)F. The zero-order valence-electron chi connectivity index (χ0n) is 18.6. The molecule has 0 unspecified atom stereocenters. The van der Waals surface area contributed by atoms with Crippen molar-refractivity contribution in [2.75, 3.05) is 11.9 Å². The molecule has 0 bridgehead atoms. The fourth-order valence-corrected chi connectivity index (χ4v) is 3.32. The van der Waals surface area contributed by atoms with Gasteiger partial charge in [0.25, 0.3) is 0 Å². The molecule has 0 saturated heterocycles. The molecule has 1 fully saturated rings. The minimum atomic E-state index is -4.64. The Morgan fingerprint density at radius 2 is 1.50 bits per heavy atom. The number of alkyl halides is 6. The lowest BCUT2D eigenvalue weighted by molar-refractivity contribution is -0.156. The van der Waals surface area contributed by atoms with E-state index < -0.39 is 29.6 Å². The van der Waals surface area contributed by atoms with Crippen LogP contribution in [-0.4, -0.2) is 31.0 Å². The lowest BCUT2D eigenvalue weighted by Gasteiger charge is -2.25. The minimum Gasteiger partial charge on any atom is -0.380 e. The van der Waals surface area contributed by atoms with Gasteiger partial charge in [-0.3, -0.25) is 9.59 Å². The van der Waals surface area contributed by atoms with Crippen molar-refractivity contribution in [2.24, 2.45) is 5.92 Å². The molecular weight excluding hydrogens is 462 g/mol. The molecule has 2 aromatic carbocycles. The molecule has 1 saturated carbocycles. The van der Waals surface area contributed by atoms with E-state index in [9.17, 15) is 31.1 Å². The molecule has 4 nitrogen and oxygen atoms in total. The van der Waals surface area contributed by atoms with Gasteiger partial charge in [0.15, 0.2) is 0 Å². The van der Waals surface area contributed by atoms with Crippen molar-refractivity contribution in [1.82, 2.24) is 5.32 Å². The fourth-order valence-electron chi connectivity index (χ4n) is 3.32. The Hall–Kier alpha value is -3.04. The van der Waals surface area contributed by atoms with Crippen molar-refractivity contribution in [3.63, 3.8) is 0 Å². The second-order valence-corrected chi connectivity index (χ2v) is 8.39. The number of hydrogen-bond acceptors (Lipinski definition) is 3. The van der Waals surface area contributed by atoms with Gasteiger partial charge in [0.2, 0.25) is 12.2 Å². The van der Waals surface area contributed by atoms with Gasteiger partial charge in [-0.2, -0.15) is 26.3 Å². The summed E-state index contributed by atoms with van der Waals surface area (Å²) in [6.45, 7) is 4.43. The van der Waals surface area contributed by atoms with E-state index in [0.29, 0.717) is 12.2 Å². The lowest BCUT2D eigenvalue weighted by Crippen LogP contribution is -2.43. The van der Waals surface area contributed by atoms with E-state index in [-0.39, 0.29) is 17.9 Å². The first-order valence-electron chi connectivity index (χ1n) is 10.6. The minimum absolute atomic E-state index is 0.0126. The van der Waals surface area contributed by atoms with Crippen LogP contribution in [0.15, 0.2) is 54.6 Å². The highest BCUT2D eigenvalue weighted by Gasteiger charge is 2.51. The molecule has 2 aromatic rings. The van der Waals surface area contributed by atoms with Crippen LogP contribution in [0, 0.1) is 5.92 Å². The van der Waals surface area contributed by atoms with Crippen LogP contribution < -0.4 is 10.6 Å². The highest BCUT2D eigenvalue weighted by Crippen LogP contribution is 2.48. The normalized spacial score (nSPS) is 15.6. The maximum atomic E-state index is 12.8. The topological polar surface area (TPSA) is 58.2 Å². The van der Waals surface area contributed by atoms with Gasteiger partial charge in [0.1, 0.15) is 0 Å². The van der Waals surface area contributed by atoms with Gasteiger partial charge in [-0.1, -0.05) is 44.2 Å². The summed E-state index contributed by atoms with van der Waals surface area (Å²) >= 11 is 0. The maximum Gasteiger partial charge on any atom is 0.446 e. The van der Waals surface area contributed by atoms with Crippen LogP contribution in [0.1, 0.15) is 37.8 Å². The quantitative estimate of drug-likeness (QED) is 0.386. The van der Waals surface area contributed by atoms with Crippen LogP contribution in [0.25, 0.3) is 0 Å². The summed E-state index contributed by atoms with van der Waals surface area (Å²) in [5.74, 6) is 0.202. The first-order valence-corrected chi connectivity index (χ1v) is 10.6. The molecule has 34 heavy (non-hydrogen) atoms. The number of rotatable bonds is 7. The molecule has 1 amide bonds. The average molecular weight is 488 g/mol. The number of anilines is 1. The molecule has 0 heterocycles. The summed E-state index contributed by atoms with van der Waals surface area (Å²) in [6.07, 6.45) is -8.38. The Morgan fingerprint density at radius 1 is 0.971 bits per heavy atom. The van der Waals surface area contributed by atoms with E-state index in [2.05, 4.69) is 10.6 Å². The highest BCUT2D eigenvalue weighted by atomic mass is 19.4. The van der Waals surface area contributed by atoms with Gasteiger partial charge in [0.05, 0.1) is 11.0 Å². The summed E-state index contributed by atoms with van der Waals surface area (Å²) in [7, 11) is 0. The van der Waals surface area contributed by atoms with Gasteiger partial charge in [-0.25, -0.2) is 0 Å². The van der Waals surface area contributed by atoms with E-state index in [0.717, 1.165) is 30.5 Å². The smallest absolute Gasteiger partial charge is 0.380 e. The number of carbonyl (C=O) groups excluding carboxylic acids is 2. The number of amides is 1. The molecule has 0 aliphatic heterocycles. The van der Waals surface area contributed by atoms with E-state index in [1.165, 1.54) is 12.1 Å². The third kappa shape index (κ3) is 7.78. The fraction of sp³-hybridized carbons (Fsp3) is 0.417. The van der Waals surface area contributed by atoms with Crippen molar-refractivity contribution in [1.29, 1.82) is 0 Å². The number of hydrogen-bond donors (Lipinski definition) is 2. The predicted octanol–water partition coefficient (Wildman–Crippen LogP) is 5.74. The van der Waals surface area contributed by atoms with Crippen LogP contribution in [-0.2, 0) is 21.2 Å². The van der Waals surface area contributed by atoms with Crippen molar-refractivity contribution in [3.05, 3.63) is 65.7 Å². The second-order valence-electron chi connectivity index (χ2n) is 8.39. The Kier molecular flexibility index (Phi) is 8.74. The van der Waals surface area contributed by atoms with Gasteiger partial charge >= 0.3 is 12.4 Å². The standard InChI is InChI=1S/C22H25F3N2O.C2HF3O/c1-15(2)19(27-18-10-8-17(9-11-18)22(23,24)25)14-26-20(28)21(12-13-21)16-6-4-3-5-7-16;3-2(4,5)1-6/h3-11,15,19,27H,12-14H2,1-2H3,(H,26,28);1H/t19-;/m0./s1. The summed E-state index contributed by atoms with van der Waals surface area (Å²) in [5.41, 5.74) is 0.525. The van der Waals surface area contributed by atoms with Crippen LogP contribution in [0.5, 0.6) is 0 Å². The molecule has 2 N–H and O–H groups in total. The predicted molar refractivity (Wildman–Crippen MR) is 116 cm³/mol. The summed E-state index contributed by atoms with van der Waals surface area (Å²) in [6, 6.07) is 14.6. The number of benzene rings is 2. The Labute approximate surface area is 193 Å². The van der Waals surface area contributed by atoms with Crippen molar-refractivity contribution in [3.8, 4) is 0 Å². The van der Waals surface area contributed by atoms with E-state index in [1.807, 2.05) is 44.2 Å². The first kappa shape index (κ1) is 27.2. The van der Waals surface area contributed by atoms with Crippen LogP contribution in [0.3, 0.4) is 0 Å². The summed E-state index contributed by atoms with van der Waals surface area (Å²) in [4.78, 5) is 21.5. The number of carbonyl (C=O) groups is 2. The Balaban J connectivity index is 0.000000604. The molecule has 1 aliphatic carbocycles. The third-order valence-corrected chi connectivity index (χ3v) is 5.50. The molecular formula is C24H26F6N2O2. The Bertz CT molecular complexity index is 937. The third-order valence-electron chi connectivity index (χ3n) is 5.50. The molecule has 0 radical (unpaired) electrons. The molecule has 3 rings (SSSR count). The first-order chi connectivity index (χ1) is 15.8. The lowest BCUT2D eigenvalue weighted by atomic mass is 9.94. The number of nitrogens with one attached hydrogen (secondary N) is 2. The Morgan fingerprint density at radius 3 is 1.91 bits per heavy atom. The van der Waals surface area contributed by atoms with E-state index >= 15 is 0 Å². The monoisotopic (exact) mass is 488 g/mol. The maximum absolute atomic E-state index is 12.8. The molecule has 1 atom stereocenters. The number of halogens is 6. The highest BCUT2D eigenvalue weighted by molar-refractivity contribution is 5.91. The zero-order chi connectivity index (χ0) is 25.6. The van der Waals surface area contributed by atoms with Gasteiger partial charge in [0, 0.05) is 18.3 Å². The average Bonchev–Trinajstić information content (AvgIpc) is 3.59. The van der Waals surface area contributed by atoms with Gasteiger partial charge < -0.3 is 10.6 Å². The molecule has 186 valence electrons. The second kappa shape index (κ2) is 10.9. The van der Waals surface area contributed by atoms with Gasteiger partial charge in [-0.15, -0.1) is 0 Å². The van der Waals surface area contributed by atoms with Crippen LogP contribution in [0.2, 0.25) is 0 Å². The molecule has 10 heteroatoms. The van der Waals surface area contributed by atoms with Crippen LogP contribution >= 0.6 is 0 Å². The van der Waals surface area contributed by atoms with Crippen molar-refractivity contribution in [2.45, 2.75) is 50.5 Å².